The third-order valence-electron chi connectivity index (χ3n) is 5.87. The molecule has 0 aliphatic heterocycles. The van der Waals surface area contributed by atoms with Gasteiger partial charge in [0, 0.05) is 6.04 Å². The molecule has 4 N–H and O–H groups in total. The Kier molecular flexibility index (Phi) is 2.98. The number of nitrogen functional groups attached to an aromatic ring is 1. The van der Waals surface area contributed by atoms with Gasteiger partial charge >= 0.3 is 5.97 Å². The Hall–Kier alpha value is -1.71. The lowest BCUT2D eigenvalue weighted by Gasteiger charge is -2.43. The molecule has 3 atom stereocenters. The van der Waals surface area contributed by atoms with E-state index in [0.717, 1.165) is 11.6 Å². The lowest BCUT2D eigenvalue weighted by atomic mass is 9.68. The van der Waals surface area contributed by atoms with Gasteiger partial charge < -0.3 is 16.2 Å². The summed E-state index contributed by atoms with van der Waals surface area (Å²) >= 11 is 0. The Morgan fingerprint density at radius 2 is 2.10 bits per heavy atom. The molecule has 0 radical (unpaired) electrons. The molecule has 1 aromatic carbocycles. The molecule has 4 nitrogen and oxygen atoms in total. The first-order valence-corrected chi connectivity index (χ1v) is 7.63. The monoisotopic (exact) mass is 288 g/mol. The van der Waals surface area contributed by atoms with Crippen molar-refractivity contribution in [3.8, 4) is 0 Å². The summed E-state index contributed by atoms with van der Waals surface area (Å²) in [6, 6.07) is 5.21. The normalized spacial score (nSPS) is 33.1. The maximum Gasteiger partial charge on any atom is 0.335 e. The largest absolute Gasteiger partial charge is 0.478 e. The lowest BCUT2D eigenvalue weighted by Crippen LogP contribution is -2.45. The molecule has 2 saturated carbocycles. The van der Waals surface area contributed by atoms with Crippen LogP contribution < -0.4 is 11.1 Å². The highest BCUT2D eigenvalue weighted by Crippen LogP contribution is 2.63. The zero-order chi connectivity index (χ0) is 15.4. The number of nitrogens with two attached hydrogens (primary N) is 1. The Morgan fingerprint density at radius 3 is 2.67 bits per heavy atom. The molecular weight excluding hydrogens is 264 g/mol. The van der Waals surface area contributed by atoms with Crippen molar-refractivity contribution in [1.29, 1.82) is 0 Å². The van der Waals surface area contributed by atoms with Gasteiger partial charge in [-0.1, -0.05) is 20.8 Å². The summed E-state index contributed by atoms with van der Waals surface area (Å²) in [6.45, 7) is 6.98. The van der Waals surface area contributed by atoms with E-state index in [4.69, 9.17) is 10.8 Å². The second-order valence-electron chi connectivity index (χ2n) is 7.60. The number of fused-ring (bicyclic) bond motifs is 2. The summed E-state index contributed by atoms with van der Waals surface area (Å²) in [5.74, 6) is -0.180. The standard InChI is InChI=1S/C17H24N2O2/c1-16(2)11-6-7-17(3,9-11)15(16)19-13-8-10(14(20)21)4-5-12(13)18/h4-5,8,11,15,19H,6-7,9,18H2,1-3H3,(H,20,21). The molecule has 0 heterocycles. The second kappa shape index (κ2) is 4.39. The molecule has 2 aliphatic rings. The highest BCUT2D eigenvalue weighted by molar-refractivity contribution is 5.90. The Morgan fingerprint density at radius 1 is 1.38 bits per heavy atom. The number of hydrogen-bond donors (Lipinski definition) is 3. The highest BCUT2D eigenvalue weighted by Gasteiger charge is 2.59. The lowest BCUT2D eigenvalue weighted by molar-refractivity contribution is 0.0697. The van der Waals surface area contributed by atoms with Gasteiger partial charge in [-0.3, -0.25) is 0 Å². The van der Waals surface area contributed by atoms with Crippen LogP contribution in [0.25, 0.3) is 0 Å². The van der Waals surface area contributed by atoms with Crippen LogP contribution in [0.3, 0.4) is 0 Å². The van der Waals surface area contributed by atoms with Crippen LogP contribution in [-0.2, 0) is 0 Å². The van der Waals surface area contributed by atoms with Gasteiger partial charge in [0.1, 0.15) is 0 Å². The van der Waals surface area contributed by atoms with Gasteiger partial charge in [-0.05, 0) is 54.2 Å². The fourth-order valence-electron chi connectivity index (χ4n) is 4.63. The van der Waals surface area contributed by atoms with Crippen LogP contribution in [0, 0.1) is 16.7 Å². The summed E-state index contributed by atoms with van der Waals surface area (Å²) < 4.78 is 0. The van der Waals surface area contributed by atoms with Crippen LogP contribution >= 0.6 is 0 Å². The number of carboxylic acids is 1. The van der Waals surface area contributed by atoms with Crippen molar-refractivity contribution in [3.63, 3.8) is 0 Å². The molecule has 2 bridgehead atoms. The number of benzene rings is 1. The third kappa shape index (κ3) is 2.08. The molecule has 2 fully saturated rings. The average Bonchev–Trinajstić information content (AvgIpc) is 2.87. The van der Waals surface area contributed by atoms with E-state index in [1.165, 1.54) is 19.3 Å². The van der Waals surface area contributed by atoms with Crippen LogP contribution in [0.1, 0.15) is 50.4 Å². The maximum absolute atomic E-state index is 11.2. The maximum atomic E-state index is 11.2. The van der Waals surface area contributed by atoms with Gasteiger partial charge in [0.15, 0.2) is 0 Å². The van der Waals surface area contributed by atoms with E-state index in [1.54, 1.807) is 18.2 Å². The van der Waals surface area contributed by atoms with Gasteiger partial charge in [0.25, 0.3) is 0 Å². The fourth-order valence-corrected chi connectivity index (χ4v) is 4.63. The average molecular weight is 288 g/mol. The number of anilines is 2. The Labute approximate surface area is 125 Å². The topological polar surface area (TPSA) is 75.3 Å². The summed E-state index contributed by atoms with van der Waals surface area (Å²) in [4.78, 5) is 11.2. The summed E-state index contributed by atoms with van der Waals surface area (Å²) in [7, 11) is 0. The number of hydrogen-bond acceptors (Lipinski definition) is 3. The molecule has 4 heteroatoms. The molecule has 2 aliphatic carbocycles. The van der Waals surface area contributed by atoms with E-state index >= 15 is 0 Å². The van der Waals surface area contributed by atoms with E-state index < -0.39 is 5.97 Å². The van der Waals surface area contributed by atoms with Crippen molar-refractivity contribution in [3.05, 3.63) is 23.8 Å². The molecule has 3 rings (SSSR count). The van der Waals surface area contributed by atoms with Gasteiger partial charge in [0.05, 0.1) is 16.9 Å². The van der Waals surface area contributed by atoms with Crippen LogP contribution in [0.5, 0.6) is 0 Å². The molecule has 21 heavy (non-hydrogen) atoms. The first kappa shape index (κ1) is 14.2. The van der Waals surface area contributed by atoms with Crippen molar-refractivity contribution >= 4 is 17.3 Å². The van der Waals surface area contributed by atoms with Crippen molar-refractivity contribution in [1.82, 2.24) is 0 Å². The minimum Gasteiger partial charge on any atom is -0.478 e. The van der Waals surface area contributed by atoms with E-state index in [1.807, 2.05) is 0 Å². The minimum atomic E-state index is -0.920. The first-order chi connectivity index (χ1) is 9.74. The predicted octanol–water partition coefficient (Wildman–Crippen LogP) is 3.59. The van der Waals surface area contributed by atoms with Crippen molar-refractivity contribution < 1.29 is 9.90 Å². The van der Waals surface area contributed by atoms with Gasteiger partial charge in [-0.25, -0.2) is 4.79 Å². The third-order valence-corrected chi connectivity index (χ3v) is 5.87. The number of carbonyl (C=O) groups is 1. The number of aromatic carboxylic acids is 1. The predicted molar refractivity (Wildman–Crippen MR) is 84.5 cm³/mol. The van der Waals surface area contributed by atoms with E-state index in [2.05, 4.69) is 26.1 Å². The molecule has 3 unspecified atom stereocenters. The number of rotatable bonds is 3. The smallest absolute Gasteiger partial charge is 0.335 e. The van der Waals surface area contributed by atoms with Crippen molar-refractivity contribution in [2.24, 2.45) is 16.7 Å². The van der Waals surface area contributed by atoms with Crippen LogP contribution in [0.4, 0.5) is 11.4 Å². The van der Waals surface area contributed by atoms with Crippen molar-refractivity contribution in [2.45, 2.75) is 46.1 Å². The molecule has 114 valence electrons. The number of carboxylic acid groups (broad SMARTS) is 1. The van der Waals surface area contributed by atoms with Crippen molar-refractivity contribution in [2.75, 3.05) is 11.1 Å². The number of nitrogens with one attached hydrogen (secondary N) is 1. The Bertz CT molecular complexity index is 592. The van der Waals surface area contributed by atoms with Crippen LogP contribution in [-0.4, -0.2) is 17.1 Å². The second-order valence-corrected chi connectivity index (χ2v) is 7.60. The molecule has 0 spiro atoms. The molecular formula is C17H24N2O2. The zero-order valence-corrected chi connectivity index (χ0v) is 12.9. The van der Waals surface area contributed by atoms with Gasteiger partial charge in [0.2, 0.25) is 0 Å². The molecule has 0 amide bonds. The quantitative estimate of drug-likeness (QED) is 0.743. The molecule has 0 aromatic heterocycles. The summed E-state index contributed by atoms with van der Waals surface area (Å²) in [5.41, 5.74) is 8.17. The van der Waals surface area contributed by atoms with Crippen LogP contribution in [0.2, 0.25) is 0 Å². The fraction of sp³-hybridized carbons (Fsp3) is 0.588. The van der Waals surface area contributed by atoms with E-state index in [0.29, 0.717) is 11.7 Å². The zero-order valence-electron chi connectivity index (χ0n) is 12.9. The molecule has 1 aromatic rings. The van der Waals surface area contributed by atoms with Gasteiger partial charge in [-0.15, -0.1) is 0 Å². The van der Waals surface area contributed by atoms with Crippen LogP contribution in [0.15, 0.2) is 18.2 Å². The van der Waals surface area contributed by atoms with E-state index in [9.17, 15) is 4.79 Å². The first-order valence-electron chi connectivity index (χ1n) is 7.63. The minimum absolute atomic E-state index is 0.207. The molecule has 0 saturated heterocycles. The highest BCUT2D eigenvalue weighted by atomic mass is 16.4. The van der Waals surface area contributed by atoms with Gasteiger partial charge in [-0.2, -0.15) is 0 Å². The van der Waals surface area contributed by atoms with E-state index in [-0.39, 0.29) is 16.4 Å². The summed E-state index contributed by atoms with van der Waals surface area (Å²) in [5, 5.41) is 12.7. The SMILES string of the molecule is CC12CCC(C1)C(C)(C)C2Nc1cc(C(=O)O)ccc1N. The summed E-state index contributed by atoms with van der Waals surface area (Å²) in [6.07, 6.45) is 3.78. The Balaban J connectivity index is 1.93.